The minimum atomic E-state index is 0.730. The Labute approximate surface area is 153 Å². The summed E-state index contributed by atoms with van der Waals surface area (Å²) >= 11 is 1.68. The summed E-state index contributed by atoms with van der Waals surface area (Å²) in [6.07, 6.45) is 7.98. The van der Waals surface area contributed by atoms with E-state index in [1.807, 2.05) is 59.6 Å². The topological polar surface area (TPSA) is 27.1 Å². The van der Waals surface area contributed by atoms with Gasteiger partial charge in [-0.2, -0.15) is 0 Å². The van der Waals surface area contributed by atoms with E-state index in [1.54, 1.807) is 11.8 Å². The molecule has 0 unspecified atom stereocenters. The number of hydrogen-bond donors (Lipinski definition) is 0. The van der Waals surface area contributed by atoms with Gasteiger partial charge in [0.05, 0.1) is 12.2 Å². The lowest BCUT2D eigenvalue weighted by molar-refractivity contribution is 0.310. The second-order valence-electron chi connectivity index (χ2n) is 5.57. The molecular formula is C21H22N2OS. The van der Waals surface area contributed by atoms with Crippen molar-refractivity contribution in [3.8, 4) is 17.1 Å². The Kier molecular flexibility index (Phi) is 6.35. The van der Waals surface area contributed by atoms with Gasteiger partial charge in [-0.3, -0.25) is 0 Å². The van der Waals surface area contributed by atoms with Crippen LogP contribution in [0, 0.1) is 0 Å². The Balaban J connectivity index is 1.77. The number of hydrogen-bond acceptors (Lipinski definition) is 3. The summed E-state index contributed by atoms with van der Waals surface area (Å²) in [4.78, 5) is 5.74. The van der Waals surface area contributed by atoms with Crippen molar-refractivity contribution in [2.24, 2.45) is 0 Å². The molecule has 0 aliphatic heterocycles. The Bertz CT molecular complexity index is 812. The SMILES string of the molecule is CCCCOc1ccccc1-c1nccn1C=CSc1ccccc1. The van der Waals surface area contributed by atoms with Gasteiger partial charge in [0.15, 0.2) is 0 Å². The van der Waals surface area contributed by atoms with E-state index in [0.29, 0.717) is 0 Å². The summed E-state index contributed by atoms with van der Waals surface area (Å²) in [5.41, 5.74) is 1.01. The molecule has 0 saturated carbocycles. The molecule has 0 N–H and O–H groups in total. The molecule has 0 fully saturated rings. The lowest BCUT2D eigenvalue weighted by atomic mass is 10.2. The van der Waals surface area contributed by atoms with E-state index in [2.05, 4.69) is 35.5 Å². The predicted molar refractivity (Wildman–Crippen MR) is 106 cm³/mol. The van der Waals surface area contributed by atoms with Gasteiger partial charge < -0.3 is 9.30 Å². The van der Waals surface area contributed by atoms with Gasteiger partial charge in [0.2, 0.25) is 0 Å². The number of ether oxygens (including phenoxy) is 1. The smallest absolute Gasteiger partial charge is 0.147 e. The Morgan fingerprint density at radius 2 is 1.88 bits per heavy atom. The van der Waals surface area contributed by atoms with E-state index in [4.69, 9.17) is 4.74 Å². The number of unbranched alkanes of at least 4 members (excludes halogenated alkanes) is 1. The van der Waals surface area contributed by atoms with E-state index in [0.717, 1.165) is 36.6 Å². The van der Waals surface area contributed by atoms with Gasteiger partial charge in [-0.25, -0.2) is 4.98 Å². The molecule has 3 rings (SSSR count). The van der Waals surface area contributed by atoms with E-state index < -0.39 is 0 Å². The molecule has 0 spiro atoms. The molecule has 0 aliphatic rings. The van der Waals surface area contributed by atoms with Crippen molar-refractivity contribution in [1.29, 1.82) is 0 Å². The van der Waals surface area contributed by atoms with Crippen molar-refractivity contribution in [3.63, 3.8) is 0 Å². The summed E-state index contributed by atoms with van der Waals surface area (Å²) in [5.74, 6) is 1.77. The first-order valence-electron chi connectivity index (χ1n) is 8.52. The summed E-state index contributed by atoms with van der Waals surface area (Å²) in [6.45, 7) is 2.89. The quantitative estimate of drug-likeness (QED) is 0.371. The highest BCUT2D eigenvalue weighted by Crippen LogP contribution is 2.29. The second kappa shape index (κ2) is 9.14. The zero-order chi connectivity index (χ0) is 17.3. The number of para-hydroxylation sites is 1. The third-order valence-electron chi connectivity index (χ3n) is 3.72. The summed E-state index contributed by atoms with van der Waals surface area (Å²) < 4.78 is 7.97. The minimum Gasteiger partial charge on any atom is -0.493 e. The van der Waals surface area contributed by atoms with Crippen LogP contribution < -0.4 is 4.74 Å². The van der Waals surface area contributed by atoms with Crippen LogP contribution in [0.15, 0.2) is 77.3 Å². The maximum absolute atomic E-state index is 5.95. The summed E-state index contributed by atoms with van der Waals surface area (Å²) in [5, 5.41) is 2.07. The largest absolute Gasteiger partial charge is 0.493 e. The lowest BCUT2D eigenvalue weighted by Crippen LogP contribution is -1.99. The van der Waals surface area contributed by atoms with Gasteiger partial charge in [-0.1, -0.05) is 55.4 Å². The number of imidazole rings is 1. The van der Waals surface area contributed by atoms with Gasteiger partial charge in [0.1, 0.15) is 11.6 Å². The normalized spacial score (nSPS) is 11.1. The average molecular weight is 350 g/mol. The zero-order valence-corrected chi connectivity index (χ0v) is 15.2. The molecule has 0 amide bonds. The fraction of sp³-hybridized carbons (Fsp3) is 0.190. The second-order valence-corrected chi connectivity index (χ2v) is 6.55. The number of nitrogens with zero attached hydrogens (tertiary/aromatic N) is 2. The molecule has 1 aromatic heterocycles. The standard InChI is InChI=1S/C21H22N2OS/c1-2-3-16-24-20-12-8-7-11-19(20)21-22-13-14-23(21)15-17-25-18-9-5-4-6-10-18/h4-15,17H,2-3,16H2,1H3. The van der Waals surface area contributed by atoms with Crippen LogP contribution in [0.5, 0.6) is 5.75 Å². The van der Waals surface area contributed by atoms with Crippen molar-refractivity contribution in [3.05, 3.63) is 72.4 Å². The highest BCUT2D eigenvalue weighted by atomic mass is 32.2. The molecule has 0 saturated heterocycles. The van der Waals surface area contributed by atoms with Gasteiger partial charge in [0.25, 0.3) is 0 Å². The van der Waals surface area contributed by atoms with Crippen molar-refractivity contribution in [2.45, 2.75) is 24.7 Å². The van der Waals surface area contributed by atoms with Crippen molar-refractivity contribution < 1.29 is 4.74 Å². The first-order chi connectivity index (χ1) is 12.4. The maximum Gasteiger partial charge on any atom is 0.147 e. The predicted octanol–water partition coefficient (Wildman–Crippen LogP) is 5.95. The Hall–Kier alpha value is -2.46. The van der Waals surface area contributed by atoms with Gasteiger partial charge in [0, 0.05) is 23.5 Å². The average Bonchev–Trinajstić information content (AvgIpc) is 3.12. The van der Waals surface area contributed by atoms with Crippen LogP contribution in [0.1, 0.15) is 19.8 Å². The van der Waals surface area contributed by atoms with Crippen molar-refractivity contribution >= 4 is 18.0 Å². The van der Waals surface area contributed by atoms with Crippen LogP contribution in [0.25, 0.3) is 17.6 Å². The third kappa shape index (κ3) is 4.77. The van der Waals surface area contributed by atoms with Crippen LogP contribution in [-0.2, 0) is 0 Å². The fourth-order valence-corrected chi connectivity index (χ4v) is 3.08. The van der Waals surface area contributed by atoms with E-state index in [1.165, 1.54) is 4.90 Å². The highest BCUT2D eigenvalue weighted by molar-refractivity contribution is 8.02. The molecule has 1 heterocycles. The molecule has 128 valence electrons. The summed E-state index contributed by atoms with van der Waals surface area (Å²) in [7, 11) is 0. The number of rotatable bonds is 8. The fourth-order valence-electron chi connectivity index (χ4n) is 2.42. The van der Waals surface area contributed by atoms with Crippen LogP contribution >= 0.6 is 11.8 Å². The van der Waals surface area contributed by atoms with Crippen LogP contribution in [0.2, 0.25) is 0 Å². The zero-order valence-electron chi connectivity index (χ0n) is 14.3. The molecule has 3 aromatic rings. The maximum atomic E-state index is 5.95. The molecule has 0 aliphatic carbocycles. The van der Waals surface area contributed by atoms with Crippen molar-refractivity contribution in [1.82, 2.24) is 9.55 Å². The van der Waals surface area contributed by atoms with Crippen molar-refractivity contribution in [2.75, 3.05) is 6.61 Å². The Morgan fingerprint density at radius 3 is 2.72 bits per heavy atom. The summed E-state index contributed by atoms with van der Waals surface area (Å²) in [6, 6.07) is 18.4. The van der Waals surface area contributed by atoms with Gasteiger partial charge in [-0.15, -0.1) is 0 Å². The molecule has 0 radical (unpaired) electrons. The first-order valence-corrected chi connectivity index (χ1v) is 9.40. The molecule has 0 bridgehead atoms. The van der Waals surface area contributed by atoms with Crippen LogP contribution in [0.3, 0.4) is 0 Å². The van der Waals surface area contributed by atoms with Gasteiger partial charge >= 0.3 is 0 Å². The molecule has 25 heavy (non-hydrogen) atoms. The monoisotopic (exact) mass is 350 g/mol. The number of aromatic nitrogens is 2. The lowest BCUT2D eigenvalue weighted by Gasteiger charge is -2.11. The number of benzene rings is 2. The third-order valence-corrected chi connectivity index (χ3v) is 4.52. The molecule has 0 atom stereocenters. The molecular weight excluding hydrogens is 328 g/mol. The van der Waals surface area contributed by atoms with Gasteiger partial charge in [-0.05, 0) is 36.1 Å². The molecule has 3 nitrogen and oxygen atoms in total. The Morgan fingerprint density at radius 1 is 1.08 bits per heavy atom. The van der Waals surface area contributed by atoms with Crippen LogP contribution in [-0.4, -0.2) is 16.2 Å². The van der Waals surface area contributed by atoms with E-state index >= 15 is 0 Å². The molecule has 4 heteroatoms. The first kappa shape index (κ1) is 17.4. The highest BCUT2D eigenvalue weighted by Gasteiger charge is 2.10. The van der Waals surface area contributed by atoms with E-state index in [9.17, 15) is 0 Å². The van der Waals surface area contributed by atoms with E-state index in [-0.39, 0.29) is 0 Å². The minimum absolute atomic E-state index is 0.730. The number of thioether (sulfide) groups is 1. The molecule has 2 aromatic carbocycles. The van der Waals surface area contributed by atoms with Crippen LogP contribution in [0.4, 0.5) is 0 Å².